The number of rotatable bonds is 3. The van der Waals surface area contributed by atoms with Crippen molar-refractivity contribution >= 4 is 21.8 Å². The van der Waals surface area contributed by atoms with Gasteiger partial charge in [0.25, 0.3) is 0 Å². The van der Waals surface area contributed by atoms with Gasteiger partial charge in [-0.05, 0) is 5.56 Å². The van der Waals surface area contributed by atoms with Crippen molar-refractivity contribution in [2.45, 2.75) is 17.5 Å². The summed E-state index contributed by atoms with van der Waals surface area (Å²) in [4.78, 5) is 9.87. The monoisotopic (exact) mass is 295 g/mol. The van der Waals surface area contributed by atoms with E-state index < -0.39 is 17.0 Å². The normalized spacial score (nSPS) is 13.2. The van der Waals surface area contributed by atoms with Gasteiger partial charge in [-0.25, -0.2) is 0 Å². The van der Waals surface area contributed by atoms with Gasteiger partial charge in [-0.15, -0.1) is 0 Å². The minimum Gasteiger partial charge on any atom is -0.336 e. The molecular formula is C10H9BrF3NO. The number of hydrogen-bond acceptors (Lipinski definition) is 1. The van der Waals surface area contributed by atoms with E-state index in [1.165, 1.54) is 0 Å². The van der Waals surface area contributed by atoms with Crippen LogP contribution in [0.1, 0.15) is 5.56 Å². The zero-order chi connectivity index (χ0) is 12.2. The molecule has 0 bridgehead atoms. The van der Waals surface area contributed by atoms with Crippen molar-refractivity contribution in [2.75, 3.05) is 0 Å². The molecule has 1 N–H and O–H groups in total. The Balaban J connectivity index is 2.49. The van der Waals surface area contributed by atoms with Crippen molar-refractivity contribution < 1.29 is 18.0 Å². The Hall–Kier alpha value is -1.04. The van der Waals surface area contributed by atoms with Gasteiger partial charge in [-0.3, -0.25) is 4.79 Å². The highest BCUT2D eigenvalue weighted by atomic mass is 79.9. The van der Waals surface area contributed by atoms with Crippen molar-refractivity contribution in [3.8, 4) is 0 Å². The second kappa shape index (κ2) is 5.34. The van der Waals surface area contributed by atoms with Gasteiger partial charge < -0.3 is 5.32 Å². The Kier molecular flexibility index (Phi) is 4.35. The number of benzene rings is 1. The first-order chi connectivity index (χ1) is 7.39. The highest BCUT2D eigenvalue weighted by Gasteiger charge is 2.39. The van der Waals surface area contributed by atoms with Gasteiger partial charge in [0.05, 0.1) is 4.95 Å². The van der Waals surface area contributed by atoms with Gasteiger partial charge in [0.1, 0.15) is 0 Å². The summed E-state index contributed by atoms with van der Waals surface area (Å²) in [5, 5.41) is 1.82. The molecule has 2 nitrogen and oxygen atoms in total. The van der Waals surface area contributed by atoms with Crippen molar-refractivity contribution in [2.24, 2.45) is 0 Å². The van der Waals surface area contributed by atoms with E-state index in [4.69, 9.17) is 0 Å². The van der Waals surface area contributed by atoms with Gasteiger partial charge in [0.2, 0.25) is 0 Å². The highest BCUT2D eigenvalue weighted by Crippen LogP contribution is 2.16. The Morgan fingerprint density at radius 3 is 2.38 bits per heavy atom. The SMILES string of the molecule is O=C(NC(Br)Cc1ccccc1)C(F)(F)F. The topological polar surface area (TPSA) is 29.1 Å². The molecule has 6 heteroatoms. The molecule has 1 unspecified atom stereocenters. The van der Waals surface area contributed by atoms with Crippen molar-refractivity contribution in [3.05, 3.63) is 35.9 Å². The summed E-state index contributed by atoms with van der Waals surface area (Å²) in [6.07, 6.45) is -4.55. The molecule has 0 saturated carbocycles. The summed E-state index contributed by atoms with van der Waals surface area (Å²) >= 11 is 2.98. The number of alkyl halides is 4. The van der Waals surface area contributed by atoms with E-state index in [2.05, 4.69) is 15.9 Å². The molecule has 0 aromatic heterocycles. The zero-order valence-corrected chi connectivity index (χ0v) is 9.68. The molecule has 1 amide bonds. The molecule has 1 atom stereocenters. The molecule has 16 heavy (non-hydrogen) atoms. The van der Waals surface area contributed by atoms with Crippen LogP contribution < -0.4 is 5.32 Å². The maximum absolute atomic E-state index is 11.9. The van der Waals surface area contributed by atoms with Crippen molar-refractivity contribution in [1.29, 1.82) is 0 Å². The summed E-state index contributed by atoms with van der Waals surface area (Å²) in [5.41, 5.74) is 0.840. The van der Waals surface area contributed by atoms with E-state index in [0.29, 0.717) is 6.42 Å². The molecule has 1 aromatic carbocycles. The number of nitrogens with one attached hydrogen (secondary N) is 1. The third kappa shape index (κ3) is 4.22. The molecule has 0 heterocycles. The van der Waals surface area contributed by atoms with E-state index in [1.807, 2.05) is 5.32 Å². The molecule has 0 spiro atoms. The van der Waals surface area contributed by atoms with Gasteiger partial charge in [0.15, 0.2) is 0 Å². The molecule has 1 aromatic rings. The summed E-state index contributed by atoms with van der Waals surface area (Å²) < 4.78 is 35.7. The summed E-state index contributed by atoms with van der Waals surface area (Å²) in [5.74, 6) is -1.94. The second-order valence-electron chi connectivity index (χ2n) is 3.13. The third-order valence-electron chi connectivity index (χ3n) is 1.80. The molecule has 88 valence electrons. The smallest absolute Gasteiger partial charge is 0.336 e. The van der Waals surface area contributed by atoms with Gasteiger partial charge >= 0.3 is 12.1 Å². The van der Waals surface area contributed by atoms with Crippen LogP contribution in [0.15, 0.2) is 30.3 Å². The predicted octanol–water partition coefficient (Wildman–Crippen LogP) is 2.63. The molecule has 0 aliphatic heterocycles. The fourth-order valence-electron chi connectivity index (χ4n) is 1.10. The fourth-order valence-corrected chi connectivity index (χ4v) is 1.68. The van der Waals surface area contributed by atoms with E-state index in [-0.39, 0.29) is 0 Å². The third-order valence-corrected chi connectivity index (χ3v) is 2.36. The number of carbonyl (C=O) groups excluding carboxylic acids is 1. The Bertz CT molecular complexity index is 353. The van der Waals surface area contributed by atoms with E-state index in [9.17, 15) is 18.0 Å². The molecule has 0 aliphatic rings. The zero-order valence-electron chi connectivity index (χ0n) is 8.09. The predicted molar refractivity (Wildman–Crippen MR) is 57.1 cm³/mol. The van der Waals surface area contributed by atoms with Crippen LogP contribution >= 0.6 is 15.9 Å². The molecule has 0 fully saturated rings. The Morgan fingerprint density at radius 2 is 1.88 bits per heavy atom. The van der Waals surface area contributed by atoms with E-state index in [0.717, 1.165) is 5.56 Å². The van der Waals surface area contributed by atoms with Crippen molar-refractivity contribution in [1.82, 2.24) is 5.32 Å². The summed E-state index contributed by atoms with van der Waals surface area (Å²) in [7, 11) is 0. The second-order valence-corrected chi connectivity index (χ2v) is 4.23. The molecule has 0 saturated heterocycles. The van der Waals surface area contributed by atoms with Gasteiger partial charge in [0, 0.05) is 6.42 Å². The Labute approximate surface area is 99.0 Å². The molecular weight excluding hydrogens is 287 g/mol. The number of carbonyl (C=O) groups is 1. The molecule has 1 rings (SSSR count). The minimum atomic E-state index is -4.84. The first-order valence-corrected chi connectivity index (χ1v) is 5.37. The number of halogens is 4. The summed E-state index contributed by atoms with van der Waals surface area (Å²) in [6, 6.07) is 8.91. The number of amides is 1. The van der Waals surface area contributed by atoms with Gasteiger partial charge in [-0.1, -0.05) is 46.3 Å². The van der Waals surface area contributed by atoms with E-state index >= 15 is 0 Å². The minimum absolute atomic E-state index is 0.294. The lowest BCUT2D eigenvalue weighted by atomic mass is 10.1. The molecule has 0 radical (unpaired) electrons. The van der Waals surface area contributed by atoms with Crippen molar-refractivity contribution in [3.63, 3.8) is 0 Å². The maximum Gasteiger partial charge on any atom is 0.471 e. The van der Waals surface area contributed by atoms with Crippen LogP contribution in [0.5, 0.6) is 0 Å². The lowest BCUT2D eigenvalue weighted by Crippen LogP contribution is -2.41. The Morgan fingerprint density at radius 1 is 1.31 bits per heavy atom. The van der Waals surface area contributed by atoms with E-state index in [1.54, 1.807) is 30.3 Å². The van der Waals surface area contributed by atoms with Crippen LogP contribution in [0, 0.1) is 0 Å². The van der Waals surface area contributed by atoms with Crippen LogP contribution in [-0.4, -0.2) is 17.0 Å². The van der Waals surface area contributed by atoms with Crippen LogP contribution in [0.25, 0.3) is 0 Å². The average Bonchev–Trinajstić information content (AvgIpc) is 2.17. The fraction of sp³-hybridized carbons (Fsp3) is 0.300. The largest absolute Gasteiger partial charge is 0.471 e. The van der Waals surface area contributed by atoms with Crippen LogP contribution in [0.2, 0.25) is 0 Å². The standard InChI is InChI=1S/C10H9BrF3NO/c11-8(15-9(16)10(12,13)14)6-7-4-2-1-3-5-7/h1-5,8H,6H2,(H,15,16). The first kappa shape index (κ1) is 13.0. The van der Waals surface area contributed by atoms with Crippen LogP contribution in [-0.2, 0) is 11.2 Å². The quantitative estimate of drug-likeness (QED) is 0.674. The van der Waals surface area contributed by atoms with Gasteiger partial charge in [-0.2, -0.15) is 13.2 Å². The highest BCUT2D eigenvalue weighted by molar-refractivity contribution is 9.09. The lowest BCUT2D eigenvalue weighted by Gasteiger charge is -2.13. The summed E-state index contributed by atoms with van der Waals surface area (Å²) in [6.45, 7) is 0. The average molecular weight is 296 g/mol. The molecule has 0 aliphatic carbocycles. The number of hydrogen-bond donors (Lipinski definition) is 1. The lowest BCUT2D eigenvalue weighted by molar-refractivity contribution is -0.173. The maximum atomic E-state index is 11.9. The first-order valence-electron chi connectivity index (χ1n) is 4.45. The van der Waals surface area contributed by atoms with Crippen LogP contribution in [0.3, 0.4) is 0 Å². The van der Waals surface area contributed by atoms with Crippen LogP contribution in [0.4, 0.5) is 13.2 Å².